The Morgan fingerprint density at radius 3 is 2.27 bits per heavy atom. The average Bonchev–Trinajstić information content (AvgIpc) is 3.04. The molecule has 4 rings (SSSR count). The molecule has 0 radical (unpaired) electrons. The number of carbonyl (C=O) groups excluding carboxylic acids is 2. The second-order valence-electron chi connectivity index (χ2n) is 6.91. The molecule has 2 aliphatic heterocycles. The number of nitrogens with zero attached hydrogens (tertiary/aromatic N) is 3. The molecule has 2 heterocycles. The molecule has 0 aromatic heterocycles. The van der Waals surface area contributed by atoms with Crippen LogP contribution in [0.15, 0.2) is 54.6 Å². The summed E-state index contributed by atoms with van der Waals surface area (Å²) in [5.41, 5.74) is 2.92. The Balaban J connectivity index is 1.39. The lowest BCUT2D eigenvalue weighted by atomic mass is 10.1. The van der Waals surface area contributed by atoms with E-state index >= 15 is 0 Å². The maximum absolute atomic E-state index is 12.9. The Hall–Kier alpha value is -2.82. The Labute approximate surface area is 153 Å². The number of para-hydroxylation sites is 1. The zero-order chi connectivity index (χ0) is 18.1. The first-order chi connectivity index (χ1) is 12.6. The highest BCUT2D eigenvalue weighted by Gasteiger charge is 2.36. The monoisotopic (exact) mass is 349 g/mol. The van der Waals surface area contributed by atoms with Gasteiger partial charge >= 0.3 is 0 Å². The molecule has 0 saturated carbocycles. The molecule has 1 atom stereocenters. The van der Waals surface area contributed by atoms with Crippen LogP contribution in [0, 0.1) is 0 Å². The molecule has 0 spiro atoms. The van der Waals surface area contributed by atoms with Crippen molar-refractivity contribution in [3.05, 3.63) is 65.7 Å². The van der Waals surface area contributed by atoms with Gasteiger partial charge in [0.2, 0.25) is 5.91 Å². The van der Waals surface area contributed by atoms with E-state index in [4.69, 9.17) is 0 Å². The van der Waals surface area contributed by atoms with Crippen molar-refractivity contribution in [1.82, 2.24) is 9.80 Å². The molecule has 2 amide bonds. The molecule has 2 aromatic carbocycles. The summed E-state index contributed by atoms with van der Waals surface area (Å²) >= 11 is 0. The largest absolute Gasteiger partial charge is 0.368 e. The zero-order valence-electron chi connectivity index (χ0n) is 15.0. The summed E-state index contributed by atoms with van der Waals surface area (Å²) in [6.07, 6.45) is 0. The van der Waals surface area contributed by atoms with E-state index in [0.717, 1.165) is 24.2 Å². The van der Waals surface area contributed by atoms with Gasteiger partial charge in [-0.25, -0.2) is 0 Å². The van der Waals surface area contributed by atoms with E-state index < -0.39 is 6.04 Å². The predicted octanol–water partition coefficient (Wildman–Crippen LogP) is 2.38. The summed E-state index contributed by atoms with van der Waals surface area (Å²) in [5.74, 6) is 0.00300. The smallest absolute Gasteiger partial charge is 0.255 e. The van der Waals surface area contributed by atoms with Crippen LogP contribution < -0.4 is 4.90 Å². The Morgan fingerprint density at radius 1 is 0.923 bits per heavy atom. The number of rotatable bonds is 3. The number of fused-ring (bicyclic) bond motifs is 1. The van der Waals surface area contributed by atoms with Crippen LogP contribution >= 0.6 is 0 Å². The van der Waals surface area contributed by atoms with Gasteiger partial charge < -0.3 is 14.7 Å². The van der Waals surface area contributed by atoms with Gasteiger partial charge in [0.15, 0.2) is 0 Å². The Bertz CT molecular complexity index is 813. The molecule has 134 valence electrons. The van der Waals surface area contributed by atoms with Crippen LogP contribution in [0.4, 0.5) is 5.69 Å². The minimum absolute atomic E-state index is 0.0376. The molecule has 5 nitrogen and oxygen atoms in total. The third kappa shape index (κ3) is 2.94. The van der Waals surface area contributed by atoms with Gasteiger partial charge in [-0.05, 0) is 30.7 Å². The molecule has 2 aromatic rings. The van der Waals surface area contributed by atoms with E-state index in [1.165, 1.54) is 5.69 Å². The first-order valence-electron chi connectivity index (χ1n) is 9.13. The maximum atomic E-state index is 12.9. The van der Waals surface area contributed by atoms with Crippen molar-refractivity contribution in [3.8, 4) is 0 Å². The minimum atomic E-state index is -0.432. The summed E-state index contributed by atoms with van der Waals surface area (Å²) < 4.78 is 0. The molecular weight excluding hydrogens is 326 g/mol. The quantitative estimate of drug-likeness (QED) is 0.855. The predicted molar refractivity (Wildman–Crippen MR) is 101 cm³/mol. The third-order valence-electron chi connectivity index (χ3n) is 5.39. The van der Waals surface area contributed by atoms with Crippen molar-refractivity contribution in [1.29, 1.82) is 0 Å². The van der Waals surface area contributed by atoms with Gasteiger partial charge in [-0.2, -0.15) is 0 Å². The van der Waals surface area contributed by atoms with Gasteiger partial charge in [-0.1, -0.05) is 36.4 Å². The lowest BCUT2D eigenvalue weighted by Crippen LogP contribution is -2.54. The van der Waals surface area contributed by atoms with E-state index in [0.29, 0.717) is 19.6 Å². The van der Waals surface area contributed by atoms with Gasteiger partial charge in [-0.3, -0.25) is 9.59 Å². The van der Waals surface area contributed by atoms with Crippen LogP contribution in [0.5, 0.6) is 0 Å². The van der Waals surface area contributed by atoms with Crippen LogP contribution in [0.1, 0.15) is 22.8 Å². The molecule has 0 unspecified atom stereocenters. The van der Waals surface area contributed by atoms with Gasteiger partial charge in [0, 0.05) is 44.0 Å². The van der Waals surface area contributed by atoms with Crippen LogP contribution in [-0.4, -0.2) is 53.8 Å². The number of piperazine rings is 1. The lowest BCUT2D eigenvalue weighted by Gasteiger charge is -2.38. The molecule has 5 heteroatoms. The van der Waals surface area contributed by atoms with Crippen molar-refractivity contribution in [2.24, 2.45) is 0 Å². The summed E-state index contributed by atoms with van der Waals surface area (Å²) in [6, 6.07) is 17.4. The molecular formula is C21H23N3O2. The minimum Gasteiger partial charge on any atom is -0.368 e. The van der Waals surface area contributed by atoms with E-state index in [1.54, 1.807) is 4.90 Å². The number of anilines is 1. The molecule has 1 saturated heterocycles. The number of hydrogen-bond donors (Lipinski definition) is 0. The second kappa shape index (κ2) is 6.83. The SMILES string of the molecule is C[C@H](C(=O)N1CCN(c2ccccc2)CC1)N1Cc2ccccc2C1=O. The van der Waals surface area contributed by atoms with Crippen molar-refractivity contribution in [2.45, 2.75) is 19.5 Å². The van der Waals surface area contributed by atoms with Crippen molar-refractivity contribution in [3.63, 3.8) is 0 Å². The van der Waals surface area contributed by atoms with Crippen molar-refractivity contribution >= 4 is 17.5 Å². The van der Waals surface area contributed by atoms with Crippen LogP contribution in [0.3, 0.4) is 0 Å². The third-order valence-corrected chi connectivity index (χ3v) is 5.39. The highest BCUT2D eigenvalue weighted by atomic mass is 16.2. The molecule has 0 bridgehead atoms. The van der Waals surface area contributed by atoms with E-state index in [1.807, 2.05) is 54.3 Å². The second-order valence-corrected chi connectivity index (χ2v) is 6.91. The molecule has 2 aliphatic rings. The maximum Gasteiger partial charge on any atom is 0.255 e. The van der Waals surface area contributed by atoms with Crippen LogP contribution in [-0.2, 0) is 11.3 Å². The average molecular weight is 349 g/mol. The number of hydrogen-bond acceptors (Lipinski definition) is 3. The molecule has 0 N–H and O–H groups in total. The fourth-order valence-electron chi connectivity index (χ4n) is 3.81. The molecule has 26 heavy (non-hydrogen) atoms. The zero-order valence-corrected chi connectivity index (χ0v) is 15.0. The van der Waals surface area contributed by atoms with Crippen molar-refractivity contribution in [2.75, 3.05) is 31.1 Å². The van der Waals surface area contributed by atoms with E-state index in [9.17, 15) is 9.59 Å². The highest BCUT2D eigenvalue weighted by Crippen LogP contribution is 2.25. The normalized spacial score (nSPS) is 18.0. The molecule has 0 aliphatic carbocycles. The fourth-order valence-corrected chi connectivity index (χ4v) is 3.81. The first kappa shape index (κ1) is 16.6. The van der Waals surface area contributed by atoms with Gasteiger partial charge in [-0.15, -0.1) is 0 Å². The first-order valence-corrected chi connectivity index (χ1v) is 9.13. The van der Waals surface area contributed by atoms with E-state index in [-0.39, 0.29) is 11.8 Å². The fraction of sp³-hybridized carbons (Fsp3) is 0.333. The summed E-state index contributed by atoms with van der Waals surface area (Å²) in [6.45, 7) is 5.37. The van der Waals surface area contributed by atoms with Gasteiger partial charge in [0.25, 0.3) is 5.91 Å². The Morgan fingerprint density at radius 2 is 1.58 bits per heavy atom. The number of carbonyl (C=O) groups is 2. The summed E-state index contributed by atoms with van der Waals surface area (Å²) in [7, 11) is 0. The topological polar surface area (TPSA) is 43.9 Å². The van der Waals surface area contributed by atoms with E-state index in [2.05, 4.69) is 17.0 Å². The number of amides is 2. The van der Waals surface area contributed by atoms with Crippen LogP contribution in [0.2, 0.25) is 0 Å². The lowest BCUT2D eigenvalue weighted by molar-refractivity contribution is -0.136. The Kier molecular flexibility index (Phi) is 4.37. The van der Waals surface area contributed by atoms with Gasteiger partial charge in [0.05, 0.1) is 0 Å². The summed E-state index contributed by atoms with van der Waals surface area (Å²) in [5, 5.41) is 0. The van der Waals surface area contributed by atoms with Gasteiger partial charge in [0.1, 0.15) is 6.04 Å². The van der Waals surface area contributed by atoms with Crippen LogP contribution in [0.25, 0.3) is 0 Å². The molecule has 1 fully saturated rings. The standard InChI is InChI=1S/C21H23N3O2/c1-16(24-15-17-7-5-6-10-19(17)21(24)26)20(25)23-13-11-22(12-14-23)18-8-3-2-4-9-18/h2-10,16H,11-15H2,1H3/t16-/m1/s1. The number of benzene rings is 2. The summed E-state index contributed by atoms with van der Waals surface area (Å²) in [4.78, 5) is 31.4. The van der Waals surface area contributed by atoms with Crippen molar-refractivity contribution < 1.29 is 9.59 Å². The highest BCUT2D eigenvalue weighted by molar-refractivity contribution is 6.01.